The van der Waals surface area contributed by atoms with Gasteiger partial charge in [0.25, 0.3) is 11.3 Å². The van der Waals surface area contributed by atoms with Gasteiger partial charge in [0.15, 0.2) is 0 Å². The SMILES string of the molecule is COc1ccc(-c2nn3c(=O)c(Cc4ccccc4)c(O)nc3nc2-c2ccccc2)cc1. The third-order valence-corrected chi connectivity index (χ3v) is 5.39. The molecule has 0 aliphatic rings. The van der Waals surface area contributed by atoms with Gasteiger partial charge in [0, 0.05) is 17.5 Å². The molecule has 1 N–H and O–H groups in total. The molecule has 5 rings (SSSR count). The molecule has 0 amide bonds. The first-order chi connectivity index (χ1) is 16.1. The Balaban J connectivity index is 1.74. The number of nitrogens with zero attached hydrogens (tertiary/aromatic N) is 4. The minimum absolute atomic E-state index is 0.0328. The molecule has 3 aromatic carbocycles. The fourth-order valence-electron chi connectivity index (χ4n) is 3.68. The normalized spacial score (nSPS) is 10.9. The second-order valence-corrected chi connectivity index (χ2v) is 7.50. The van der Waals surface area contributed by atoms with Crippen molar-refractivity contribution in [1.82, 2.24) is 19.6 Å². The summed E-state index contributed by atoms with van der Waals surface area (Å²) in [7, 11) is 1.60. The molecule has 0 saturated heterocycles. The van der Waals surface area contributed by atoms with Crippen molar-refractivity contribution < 1.29 is 9.84 Å². The van der Waals surface area contributed by atoms with Crippen molar-refractivity contribution in [1.29, 1.82) is 0 Å². The molecule has 0 fully saturated rings. The van der Waals surface area contributed by atoms with Crippen LogP contribution in [0.1, 0.15) is 11.1 Å². The fourth-order valence-corrected chi connectivity index (χ4v) is 3.68. The first kappa shape index (κ1) is 20.4. The third kappa shape index (κ3) is 3.92. The first-order valence-electron chi connectivity index (χ1n) is 10.4. The van der Waals surface area contributed by atoms with E-state index in [0.717, 1.165) is 21.2 Å². The van der Waals surface area contributed by atoms with Crippen molar-refractivity contribution in [3.63, 3.8) is 0 Å². The Kier molecular flexibility index (Phi) is 5.28. The molecule has 33 heavy (non-hydrogen) atoms. The number of fused-ring (bicyclic) bond motifs is 1. The molecule has 2 heterocycles. The van der Waals surface area contributed by atoms with Crippen molar-refractivity contribution in [3.8, 4) is 34.1 Å². The van der Waals surface area contributed by atoms with Gasteiger partial charge in [-0.3, -0.25) is 4.79 Å². The van der Waals surface area contributed by atoms with Gasteiger partial charge in [-0.05, 0) is 29.8 Å². The van der Waals surface area contributed by atoms with E-state index < -0.39 is 5.56 Å². The number of aromatic hydroxyl groups is 1. The molecule has 0 bridgehead atoms. The van der Waals surface area contributed by atoms with E-state index in [-0.39, 0.29) is 23.6 Å². The molecular weight excluding hydrogens is 416 g/mol. The Hall–Kier alpha value is -4.52. The van der Waals surface area contributed by atoms with Crippen molar-refractivity contribution >= 4 is 5.78 Å². The molecule has 0 saturated carbocycles. The fraction of sp³-hybridized carbons (Fsp3) is 0.0769. The molecule has 162 valence electrons. The van der Waals surface area contributed by atoms with Gasteiger partial charge in [0.2, 0.25) is 5.88 Å². The summed E-state index contributed by atoms with van der Waals surface area (Å²) in [6.45, 7) is 0. The average molecular weight is 436 g/mol. The van der Waals surface area contributed by atoms with E-state index >= 15 is 0 Å². The Labute approximate surface area is 189 Å². The molecule has 0 aliphatic carbocycles. The van der Waals surface area contributed by atoms with Gasteiger partial charge >= 0.3 is 0 Å². The largest absolute Gasteiger partial charge is 0.497 e. The van der Waals surface area contributed by atoms with Gasteiger partial charge in [0.1, 0.15) is 17.1 Å². The lowest BCUT2D eigenvalue weighted by molar-refractivity contribution is 0.415. The number of benzene rings is 3. The second-order valence-electron chi connectivity index (χ2n) is 7.50. The first-order valence-corrected chi connectivity index (χ1v) is 10.4. The zero-order valence-electron chi connectivity index (χ0n) is 17.8. The van der Waals surface area contributed by atoms with E-state index in [1.165, 1.54) is 0 Å². The van der Waals surface area contributed by atoms with Gasteiger partial charge in [-0.1, -0.05) is 60.7 Å². The molecule has 2 aromatic heterocycles. The molecule has 5 aromatic rings. The summed E-state index contributed by atoms with van der Waals surface area (Å²) >= 11 is 0. The minimum Gasteiger partial charge on any atom is -0.497 e. The van der Waals surface area contributed by atoms with Crippen LogP contribution in [0, 0.1) is 0 Å². The van der Waals surface area contributed by atoms with Crippen molar-refractivity contribution in [2.24, 2.45) is 0 Å². The average Bonchev–Trinajstić information content (AvgIpc) is 2.87. The number of methoxy groups -OCH3 is 1. The van der Waals surface area contributed by atoms with E-state index in [1.807, 2.05) is 84.9 Å². The van der Waals surface area contributed by atoms with Crippen LogP contribution in [0.2, 0.25) is 0 Å². The number of hydrogen-bond donors (Lipinski definition) is 1. The highest BCUT2D eigenvalue weighted by Crippen LogP contribution is 2.30. The maximum atomic E-state index is 13.3. The predicted molar refractivity (Wildman–Crippen MR) is 125 cm³/mol. The summed E-state index contributed by atoms with van der Waals surface area (Å²) in [5, 5.41) is 15.2. The molecule has 0 radical (unpaired) electrons. The third-order valence-electron chi connectivity index (χ3n) is 5.39. The number of rotatable bonds is 5. The Morgan fingerprint density at radius 3 is 2.12 bits per heavy atom. The summed E-state index contributed by atoms with van der Waals surface area (Å²) in [6, 6.07) is 26.4. The summed E-state index contributed by atoms with van der Waals surface area (Å²) in [4.78, 5) is 22.2. The second kappa shape index (κ2) is 8.55. The zero-order chi connectivity index (χ0) is 22.8. The summed E-state index contributed by atoms with van der Waals surface area (Å²) < 4.78 is 6.42. The van der Waals surface area contributed by atoms with Gasteiger partial charge in [-0.15, -0.1) is 0 Å². The Bertz CT molecular complexity index is 1480. The minimum atomic E-state index is -0.455. The van der Waals surface area contributed by atoms with Crippen molar-refractivity contribution in [2.75, 3.05) is 7.11 Å². The van der Waals surface area contributed by atoms with Crippen LogP contribution in [-0.4, -0.2) is 31.8 Å². The predicted octanol–water partition coefficient (Wildman–Crippen LogP) is 4.12. The van der Waals surface area contributed by atoms with Gasteiger partial charge in [0.05, 0.1) is 12.7 Å². The molecular formula is C26H20N4O3. The summed E-state index contributed by atoms with van der Waals surface area (Å²) in [6.07, 6.45) is 0.238. The highest BCUT2D eigenvalue weighted by Gasteiger charge is 2.19. The lowest BCUT2D eigenvalue weighted by Crippen LogP contribution is -2.24. The summed E-state index contributed by atoms with van der Waals surface area (Å²) in [5.41, 5.74) is 3.27. The highest BCUT2D eigenvalue weighted by molar-refractivity contribution is 5.78. The van der Waals surface area contributed by atoms with Crippen molar-refractivity contribution in [2.45, 2.75) is 6.42 Å². The molecule has 0 spiro atoms. The number of ether oxygens (including phenoxy) is 1. The van der Waals surface area contributed by atoms with Gasteiger partial charge < -0.3 is 9.84 Å². The number of aromatic nitrogens is 4. The molecule has 0 aliphatic heterocycles. The maximum absolute atomic E-state index is 13.3. The standard InChI is InChI=1S/C26H20N4O3/c1-33-20-14-12-19(13-15-20)23-22(18-10-6-3-7-11-18)27-26-28-24(31)21(25(32)30(26)29-23)16-17-8-4-2-5-9-17/h2-15,31H,16H2,1H3. The zero-order valence-corrected chi connectivity index (χ0v) is 17.8. The molecule has 0 unspecified atom stereocenters. The van der Waals surface area contributed by atoms with E-state index in [4.69, 9.17) is 4.74 Å². The lowest BCUT2D eigenvalue weighted by atomic mass is 10.0. The lowest BCUT2D eigenvalue weighted by Gasteiger charge is -2.12. The van der Waals surface area contributed by atoms with Crippen LogP contribution in [0.5, 0.6) is 11.6 Å². The van der Waals surface area contributed by atoms with Crippen LogP contribution >= 0.6 is 0 Å². The molecule has 7 heteroatoms. The highest BCUT2D eigenvalue weighted by atomic mass is 16.5. The van der Waals surface area contributed by atoms with E-state index in [0.29, 0.717) is 17.1 Å². The van der Waals surface area contributed by atoms with E-state index in [1.54, 1.807) is 7.11 Å². The Morgan fingerprint density at radius 2 is 1.45 bits per heavy atom. The monoisotopic (exact) mass is 436 g/mol. The van der Waals surface area contributed by atoms with Crippen LogP contribution < -0.4 is 10.3 Å². The molecule has 0 atom stereocenters. The van der Waals surface area contributed by atoms with Crippen molar-refractivity contribution in [3.05, 3.63) is 106 Å². The van der Waals surface area contributed by atoms with Crippen LogP contribution in [0.4, 0.5) is 0 Å². The van der Waals surface area contributed by atoms with Crippen LogP contribution in [-0.2, 0) is 6.42 Å². The van der Waals surface area contributed by atoms with Crippen LogP contribution in [0.15, 0.2) is 89.7 Å². The van der Waals surface area contributed by atoms with Gasteiger partial charge in [-0.2, -0.15) is 14.6 Å². The van der Waals surface area contributed by atoms with Crippen LogP contribution in [0.3, 0.4) is 0 Å². The van der Waals surface area contributed by atoms with Crippen LogP contribution in [0.25, 0.3) is 28.3 Å². The quantitative estimate of drug-likeness (QED) is 0.446. The topological polar surface area (TPSA) is 89.6 Å². The van der Waals surface area contributed by atoms with E-state index in [9.17, 15) is 9.90 Å². The maximum Gasteiger partial charge on any atom is 0.283 e. The number of hydrogen-bond acceptors (Lipinski definition) is 6. The van der Waals surface area contributed by atoms with E-state index in [2.05, 4.69) is 15.1 Å². The Morgan fingerprint density at radius 1 is 0.818 bits per heavy atom. The van der Waals surface area contributed by atoms with Gasteiger partial charge in [-0.25, -0.2) is 4.98 Å². The summed E-state index contributed by atoms with van der Waals surface area (Å²) in [5.74, 6) is 0.405. The smallest absolute Gasteiger partial charge is 0.283 e. The molecule has 7 nitrogen and oxygen atoms in total.